The first kappa shape index (κ1) is 30.0. The number of carbonyl (C=O) groups excluding carboxylic acids is 2. The van der Waals surface area contributed by atoms with Gasteiger partial charge in [0.05, 0.1) is 23.6 Å². The molecule has 11 heteroatoms. The largest absolute Gasteiger partial charge is 0.434 e. The fourth-order valence-corrected chi connectivity index (χ4v) is 6.27. The van der Waals surface area contributed by atoms with Crippen LogP contribution in [0.25, 0.3) is 0 Å². The van der Waals surface area contributed by atoms with Gasteiger partial charge in [0.2, 0.25) is 10.0 Å². The van der Waals surface area contributed by atoms with Crippen LogP contribution in [-0.2, 0) is 26.0 Å². The molecule has 41 heavy (non-hydrogen) atoms. The van der Waals surface area contributed by atoms with E-state index in [2.05, 4.69) is 5.32 Å². The maximum Gasteiger partial charge on any atom is 0.415 e. The SMILES string of the molecule is CC(C)CN(C[C@H](O)[C@H](Cc1ccccc1)NC(=O)[C@@H]1CN(c2ccccc2)C(=O)O1)S(=O)(=O)c1ccc(N)cc1. The van der Waals surface area contributed by atoms with Crippen LogP contribution >= 0.6 is 0 Å². The van der Waals surface area contributed by atoms with Gasteiger partial charge in [-0.1, -0.05) is 62.4 Å². The number of amides is 2. The third kappa shape index (κ3) is 7.63. The highest BCUT2D eigenvalue weighted by atomic mass is 32.2. The van der Waals surface area contributed by atoms with Crippen LogP contribution in [-0.4, -0.2) is 67.7 Å². The Bertz CT molecular complexity index is 1420. The molecule has 4 N–H and O–H groups in total. The maximum atomic E-state index is 13.6. The lowest BCUT2D eigenvalue weighted by atomic mass is 10.0. The number of carbonyl (C=O) groups is 2. The Morgan fingerprint density at radius 3 is 2.24 bits per heavy atom. The zero-order valence-corrected chi connectivity index (χ0v) is 23.9. The van der Waals surface area contributed by atoms with Crippen molar-refractivity contribution in [3.05, 3.63) is 90.5 Å². The minimum absolute atomic E-state index is 0.00776. The van der Waals surface area contributed by atoms with Gasteiger partial charge in [-0.3, -0.25) is 9.69 Å². The number of cyclic esters (lactones) is 1. The normalized spacial score (nSPS) is 17.0. The Morgan fingerprint density at radius 1 is 1.02 bits per heavy atom. The summed E-state index contributed by atoms with van der Waals surface area (Å²) in [6.45, 7) is 3.67. The van der Waals surface area contributed by atoms with E-state index >= 15 is 0 Å². The number of hydrogen-bond donors (Lipinski definition) is 3. The molecule has 10 nitrogen and oxygen atoms in total. The highest BCUT2D eigenvalue weighted by Crippen LogP contribution is 2.23. The summed E-state index contributed by atoms with van der Waals surface area (Å²) in [5.41, 5.74) is 7.62. The van der Waals surface area contributed by atoms with Gasteiger partial charge in [0.15, 0.2) is 6.10 Å². The minimum Gasteiger partial charge on any atom is -0.434 e. The third-order valence-electron chi connectivity index (χ3n) is 6.74. The van der Waals surface area contributed by atoms with Gasteiger partial charge in [-0.05, 0) is 54.3 Å². The van der Waals surface area contributed by atoms with Crippen LogP contribution in [0.4, 0.5) is 16.2 Å². The molecular formula is C30H36N4O6S. The summed E-state index contributed by atoms with van der Waals surface area (Å²) in [6, 6.07) is 23.1. The number of benzene rings is 3. The molecule has 0 radical (unpaired) electrons. The number of rotatable bonds is 12. The summed E-state index contributed by atoms with van der Waals surface area (Å²) in [5.74, 6) is -0.608. The smallest absolute Gasteiger partial charge is 0.415 e. The first-order chi connectivity index (χ1) is 19.5. The van der Waals surface area contributed by atoms with E-state index in [1.165, 1.54) is 33.5 Å². The van der Waals surface area contributed by atoms with Gasteiger partial charge < -0.3 is 20.9 Å². The zero-order chi connectivity index (χ0) is 29.6. The van der Waals surface area contributed by atoms with E-state index in [0.717, 1.165) is 5.56 Å². The summed E-state index contributed by atoms with van der Waals surface area (Å²) in [5, 5.41) is 14.2. The second-order valence-electron chi connectivity index (χ2n) is 10.5. The number of anilines is 2. The number of aliphatic hydroxyl groups excluding tert-OH is 1. The van der Waals surface area contributed by atoms with Crippen LogP contribution in [0.5, 0.6) is 0 Å². The zero-order valence-electron chi connectivity index (χ0n) is 23.1. The summed E-state index contributed by atoms with van der Waals surface area (Å²) in [4.78, 5) is 27.3. The molecular weight excluding hydrogens is 544 g/mol. The van der Waals surface area contributed by atoms with Gasteiger partial charge in [0, 0.05) is 24.5 Å². The summed E-state index contributed by atoms with van der Waals surface area (Å²) < 4.78 is 33.7. The monoisotopic (exact) mass is 580 g/mol. The highest BCUT2D eigenvalue weighted by Gasteiger charge is 2.39. The molecule has 1 aliphatic heterocycles. The molecule has 0 aliphatic carbocycles. The maximum absolute atomic E-state index is 13.6. The Morgan fingerprint density at radius 2 is 1.63 bits per heavy atom. The van der Waals surface area contributed by atoms with Crippen molar-refractivity contribution < 1.29 is 27.9 Å². The van der Waals surface area contributed by atoms with E-state index in [-0.39, 0.29) is 36.9 Å². The van der Waals surface area contributed by atoms with Gasteiger partial charge in [-0.2, -0.15) is 4.31 Å². The van der Waals surface area contributed by atoms with E-state index in [0.29, 0.717) is 11.4 Å². The van der Waals surface area contributed by atoms with Crippen molar-refractivity contribution in [1.29, 1.82) is 0 Å². The Hall–Kier alpha value is -3.93. The van der Waals surface area contributed by atoms with E-state index in [4.69, 9.17) is 10.5 Å². The van der Waals surface area contributed by atoms with E-state index in [1.54, 1.807) is 24.3 Å². The topological polar surface area (TPSA) is 142 Å². The quantitative estimate of drug-likeness (QED) is 0.280. The van der Waals surface area contributed by atoms with Crippen molar-refractivity contribution in [2.75, 3.05) is 30.3 Å². The molecule has 1 saturated heterocycles. The molecule has 1 heterocycles. The van der Waals surface area contributed by atoms with Gasteiger partial charge in [-0.25, -0.2) is 13.2 Å². The number of nitrogens with zero attached hydrogens (tertiary/aromatic N) is 2. The van der Waals surface area contributed by atoms with E-state index < -0.39 is 40.3 Å². The molecule has 0 bridgehead atoms. The van der Waals surface area contributed by atoms with Crippen molar-refractivity contribution in [2.24, 2.45) is 5.92 Å². The van der Waals surface area contributed by atoms with Crippen molar-refractivity contribution in [3.63, 3.8) is 0 Å². The predicted octanol–water partition coefficient (Wildman–Crippen LogP) is 3.03. The van der Waals surface area contributed by atoms with Crippen LogP contribution in [0.1, 0.15) is 19.4 Å². The summed E-state index contributed by atoms with van der Waals surface area (Å²) in [6.07, 6.45) is -2.79. The molecule has 2 amide bonds. The lowest BCUT2D eigenvalue weighted by Gasteiger charge is -2.31. The number of ether oxygens (including phenoxy) is 1. The molecule has 0 aromatic heterocycles. The Kier molecular flexibility index (Phi) is 9.64. The molecule has 0 saturated carbocycles. The molecule has 1 fully saturated rings. The van der Waals surface area contributed by atoms with Crippen molar-refractivity contribution >= 4 is 33.4 Å². The third-order valence-corrected chi connectivity index (χ3v) is 8.59. The number of aliphatic hydroxyl groups is 1. The second-order valence-corrected chi connectivity index (χ2v) is 12.4. The number of nitrogen functional groups attached to an aromatic ring is 1. The first-order valence-corrected chi connectivity index (χ1v) is 14.9. The minimum atomic E-state index is -3.97. The first-order valence-electron chi connectivity index (χ1n) is 13.5. The fourth-order valence-electron chi connectivity index (χ4n) is 4.65. The molecule has 0 unspecified atom stereocenters. The van der Waals surface area contributed by atoms with Gasteiger partial charge in [0.25, 0.3) is 5.91 Å². The average Bonchev–Trinajstić information content (AvgIpc) is 3.35. The molecule has 218 valence electrons. The van der Waals surface area contributed by atoms with Crippen LogP contribution < -0.4 is 16.0 Å². The summed E-state index contributed by atoms with van der Waals surface area (Å²) >= 11 is 0. The van der Waals surface area contributed by atoms with Gasteiger partial charge in [0.1, 0.15) is 0 Å². The number of sulfonamides is 1. The van der Waals surface area contributed by atoms with Crippen LogP contribution in [0.3, 0.4) is 0 Å². The van der Waals surface area contributed by atoms with Gasteiger partial charge in [-0.15, -0.1) is 0 Å². The lowest BCUT2D eigenvalue weighted by Crippen LogP contribution is -2.53. The Balaban J connectivity index is 1.54. The summed E-state index contributed by atoms with van der Waals surface area (Å²) in [7, 11) is -3.97. The number of nitrogens with one attached hydrogen (secondary N) is 1. The van der Waals surface area contributed by atoms with Crippen molar-refractivity contribution in [3.8, 4) is 0 Å². The fraction of sp³-hybridized carbons (Fsp3) is 0.333. The molecule has 3 atom stereocenters. The predicted molar refractivity (Wildman–Crippen MR) is 157 cm³/mol. The van der Waals surface area contributed by atoms with E-state index in [9.17, 15) is 23.1 Å². The average molecular weight is 581 g/mol. The standard InChI is InChI=1S/C30H36N4O6S/c1-21(2)18-33(41(38,39)25-15-13-23(31)14-16-25)19-27(35)26(17-22-9-5-3-6-10-22)32-29(36)28-20-34(30(37)40-28)24-11-7-4-8-12-24/h3-16,21,26-28,35H,17-20,31H2,1-2H3,(H,32,36)/t26-,27-,28-/m0/s1. The van der Waals surface area contributed by atoms with Gasteiger partial charge >= 0.3 is 6.09 Å². The Labute approximate surface area is 240 Å². The molecule has 3 aromatic rings. The van der Waals surface area contributed by atoms with Crippen molar-refractivity contribution in [2.45, 2.75) is 43.4 Å². The molecule has 4 rings (SSSR count). The molecule has 1 aliphatic rings. The second kappa shape index (κ2) is 13.2. The number of hydrogen-bond acceptors (Lipinski definition) is 7. The number of para-hydroxylation sites is 1. The highest BCUT2D eigenvalue weighted by molar-refractivity contribution is 7.89. The number of nitrogens with two attached hydrogens (primary N) is 1. The lowest BCUT2D eigenvalue weighted by molar-refractivity contribution is -0.129. The molecule has 0 spiro atoms. The van der Waals surface area contributed by atoms with Crippen LogP contribution in [0, 0.1) is 5.92 Å². The van der Waals surface area contributed by atoms with Crippen molar-refractivity contribution in [1.82, 2.24) is 9.62 Å². The van der Waals surface area contributed by atoms with E-state index in [1.807, 2.05) is 50.2 Å². The molecule has 3 aromatic carbocycles. The van der Waals surface area contributed by atoms with Crippen LogP contribution in [0.2, 0.25) is 0 Å². The van der Waals surface area contributed by atoms with Crippen LogP contribution in [0.15, 0.2) is 89.8 Å².